The molecule has 0 fully saturated rings. The van der Waals surface area contributed by atoms with Gasteiger partial charge >= 0.3 is 5.97 Å². The van der Waals surface area contributed by atoms with E-state index in [9.17, 15) is 19.7 Å². The molecule has 1 rings (SSSR count). The van der Waals surface area contributed by atoms with Crippen LogP contribution in [0.15, 0.2) is 18.2 Å². The molecule has 0 saturated carbocycles. The molecule has 0 aromatic heterocycles. The van der Waals surface area contributed by atoms with Crippen molar-refractivity contribution in [3.63, 3.8) is 0 Å². The first-order chi connectivity index (χ1) is 9.15. The highest BCUT2D eigenvalue weighted by Crippen LogP contribution is 2.22. The molecule has 1 aromatic carbocycles. The van der Waals surface area contributed by atoms with E-state index in [-0.39, 0.29) is 29.3 Å². The van der Waals surface area contributed by atoms with Gasteiger partial charge in [-0.05, 0) is 19.9 Å². The van der Waals surface area contributed by atoms with Crippen LogP contribution in [0.4, 0.5) is 11.4 Å². The van der Waals surface area contributed by atoms with Gasteiger partial charge in [0.25, 0.3) is 5.69 Å². The number of nitrogens with one attached hydrogen (secondary N) is 1. The van der Waals surface area contributed by atoms with Crippen LogP contribution in [0.3, 0.4) is 0 Å². The Balaban J connectivity index is 0.00000400. The minimum atomic E-state index is -1.16. The Labute approximate surface area is 127 Å². The quantitative estimate of drug-likeness (QED) is 0.492. The second-order valence-corrected chi connectivity index (χ2v) is 4.69. The van der Waals surface area contributed by atoms with Crippen LogP contribution in [-0.4, -0.2) is 29.4 Å². The van der Waals surface area contributed by atoms with Crippen LogP contribution in [0.1, 0.15) is 24.2 Å². The number of benzene rings is 1. The van der Waals surface area contributed by atoms with Crippen LogP contribution in [0.5, 0.6) is 0 Å². The fraction of sp³-hybridized carbons (Fsp3) is 0.333. The topological polar surface area (TPSA) is 125 Å². The number of nitro groups is 1. The van der Waals surface area contributed by atoms with Gasteiger partial charge in [-0.3, -0.25) is 14.9 Å². The molecule has 0 aliphatic carbocycles. The Morgan fingerprint density at radius 1 is 1.33 bits per heavy atom. The van der Waals surface area contributed by atoms with Crippen LogP contribution in [0.25, 0.3) is 0 Å². The maximum atomic E-state index is 11.7. The van der Waals surface area contributed by atoms with Crippen LogP contribution >= 0.6 is 12.4 Å². The van der Waals surface area contributed by atoms with Gasteiger partial charge in [0.1, 0.15) is 0 Å². The maximum absolute atomic E-state index is 11.7. The van der Waals surface area contributed by atoms with Gasteiger partial charge in [-0.25, -0.2) is 4.79 Å². The number of non-ortho nitro benzene ring substituents is 1. The van der Waals surface area contributed by atoms with Gasteiger partial charge in [-0.2, -0.15) is 0 Å². The normalized spacial score (nSPS) is 10.3. The van der Waals surface area contributed by atoms with Crippen molar-refractivity contribution in [3.05, 3.63) is 33.9 Å². The monoisotopic (exact) mass is 317 g/mol. The number of hydrogen-bond acceptors (Lipinski definition) is 6. The van der Waals surface area contributed by atoms with Gasteiger partial charge in [0.05, 0.1) is 23.1 Å². The number of ether oxygens (including phenoxy) is 1. The molecule has 0 aliphatic rings. The van der Waals surface area contributed by atoms with Gasteiger partial charge in [0, 0.05) is 17.8 Å². The summed E-state index contributed by atoms with van der Waals surface area (Å²) in [7, 11) is 1.16. The van der Waals surface area contributed by atoms with Gasteiger partial charge in [0.2, 0.25) is 5.91 Å². The number of nitrogens with zero attached hydrogens (tertiary/aromatic N) is 1. The molecule has 3 N–H and O–H groups in total. The summed E-state index contributed by atoms with van der Waals surface area (Å²) in [4.78, 5) is 33.3. The van der Waals surface area contributed by atoms with Gasteiger partial charge in [0.15, 0.2) is 0 Å². The van der Waals surface area contributed by atoms with E-state index in [1.54, 1.807) is 0 Å². The molecule has 9 heteroatoms. The highest BCUT2D eigenvalue weighted by molar-refractivity contribution is 5.99. The Morgan fingerprint density at radius 3 is 2.33 bits per heavy atom. The number of esters is 1. The van der Waals surface area contributed by atoms with Crippen LogP contribution in [0, 0.1) is 10.1 Å². The predicted molar refractivity (Wildman–Crippen MR) is 78.6 cm³/mol. The van der Waals surface area contributed by atoms with E-state index < -0.39 is 22.3 Å². The summed E-state index contributed by atoms with van der Waals surface area (Å²) in [5.41, 5.74) is 4.18. The molecule has 0 unspecified atom stereocenters. The van der Waals surface area contributed by atoms with E-state index in [0.717, 1.165) is 19.2 Å². The number of carbonyl (C=O) groups excluding carboxylic acids is 2. The molecule has 1 aromatic rings. The van der Waals surface area contributed by atoms with Crippen LogP contribution < -0.4 is 11.1 Å². The average Bonchev–Trinajstić information content (AvgIpc) is 2.36. The zero-order valence-electron chi connectivity index (χ0n) is 11.7. The molecule has 0 spiro atoms. The molecule has 0 radical (unpaired) electrons. The fourth-order valence-corrected chi connectivity index (χ4v) is 1.32. The van der Waals surface area contributed by atoms with Crippen molar-refractivity contribution in [1.29, 1.82) is 0 Å². The molecule has 0 saturated heterocycles. The molecular weight excluding hydrogens is 302 g/mol. The molecule has 21 heavy (non-hydrogen) atoms. The van der Waals surface area contributed by atoms with Crippen molar-refractivity contribution in [2.45, 2.75) is 19.4 Å². The number of amides is 1. The smallest absolute Gasteiger partial charge is 0.338 e. The van der Waals surface area contributed by atoms with E-state index in [2.05, 4.69) is 10.1 Å². The first-order valence-corrected chi connectivity index (χ1v) is 5.63. The highest BCUT2D eigenvalue weighted by Gasteiger charge is 2.23. The van der Waals surface area contributed by atoms with Gasteiger partial charge < -0.3 is 15.8 Å². The third-order valence-electron chi connectivity index (χ3n) is 2.39. The van der Waals surface area contributed by atoms with E-state index >= 15 is 0 Å². The molecule has 8 nitrogen and oxygen atoms in total. The van der Waals surface area contributed by atoms with E-state index in [0.29, 0.717) is 0 Å². The Hall–Kier alpha value is -2.19. The lowest BCUT2D eigenvalue weighted by Crippen LogP contribution is -2.45. The summed E-state index contributed by atoms with van der Waals surface area (Å²) in [6, 6.07) is 3.48. The Morgan fingerprint density at radius 2 is 1.90 bits per heavy atom. The summed E-state index contributed by atoms with van der Waals surface area (Å²) in [6.45, 7) is 2.97. The van der Waals surface area contributed by atoms with Crippen molar-refractivity contribution in [2.24, 2.45) is 5.73 Å². The minimum absolute atomic E-state index is 0. The first kappa shape index (κ1) is 18.8. The lowest BCUT2D eigenvalue weighted by Gasteiger charge is -2.17. The summed E-state index contributed by atoms with van der Waals surface area (Å²) in [5.74, 6) is -1.27. The minimum Gasteiger partial charge on any atom is -0.465 e. The molecule has 1 amide bonds. The lowest BCUT2D eigenvalue weighted by molar-refractivity contribution is -0.384. The predicted octanol–water partition coefficient (Wildman–Crippen LogP) is 1.48. The molecule has 0 aliphatic heterocycles. The number of anilines is 1. The fourth-order valence-electron chi connectivity index (χ4n) is 1.32. The number of methoxy groups -OCH3 is 1. The standard InChI is InChI=1S/C12H15N3O5.ClH/c1-12(2,13)11(17)14-8-4-7(10(16)20-3)5-9(6-8)15(18)19;/h4-6H,13H2,1-3H3,(H,14,17);1H. The summed E-state index contributed by atoms with van der Waals surface area (Å²) in [6.07, 6.45) is 0. The summed E-state index contributed by atoms with van der Waals surface area (Å²) >= 11 is 0. The van der Waals surface area contributed by atoms with Crippen molar-refractivity contribution < 1.29 is 19.2 Å². The number of nitro benzene ring substituents is 1. The van der Waals surface area contributed by atoms with E-state index in [4.69, 9.17) is 5.73 Å². The van der Waals surface area contributed by atoms with Crippen molar-refractivity contribution in [1.82, 2.24) is 0 Å². The second kappa shape index (κ2) is 7.00. The molecular formula is C12H16ClN3O5. The van der Waals surface area contributed by atoms with Crippen molar-refractivity contribution in [3.8, 4) is 0 Å². The van der Waals surface area contributed by atoms with Crippen LogP contribution in [0.2, 0.25) is 0 Å². The third kappa shape index (κ3) is 5.01. The number of nitrogens with two attached hydrogens (primary N) is 1. The summed E-state index contributed by atoms with van der Waals surface area (Å²) < 4.78 is 4.50. The third-order valence-corrected chi connectivity index (χ3v) is 2.39. The van der Waals surface area contributed by atoms with Crippen LogP contribution in [-0.2, 0) is 9.53 Å². The Bertz CT molecular complexity index is 569. The zero-order chi connectivity index (χ0) is 15.5. The van der Waals surface area contributed by atoms with E-state index in [1.165, 1.54) is 19.9 Å². The highest BCUT2D eigenvalue weighted by atomic mass is 35.5. The average molecular weight is 318 g/mol. The van der Waals surface area contributed by atoms with Crippen molar-refractivity contribution >= 4 is 35.7 Å². The number of carbonyl (C=O) groups is 2. The second-order valence-electron chi connectivity index (χ2n) is 4.69. The summed E-state index contributed by atoms with van der Waals surface area (Å²) in [5, 5.41) is 13.2. The lowest BCUT2D eigenvalue weighted by atomic mass is 10.1. The molecule has 0 heterocycles. The molecule has 116 valence electrons. The number of halogens is 1. The van der Waals surface area contributed by atoms with Gasteiger partial charge in [-0.15, -0.1) is 12.4 Å². The van der Waals surface area contributed by atoms with E-state index in [1.807, 2.05) is 0 Å². The van der Waals surface area contributed by atoms with Crippen molar-refractivity contribution in [2.75, 3.05) is 12.4 Å². The first-order valence-electron chi connectivity index (χ1n) is 5.63. The number of hydrogen-bond donors (Lipinski definition) is 2. The van der Waals surface area contributed by atoms with Gasteiger partial charge in [-0.1, -0.05) is 0 Å². The molecule has 0 bridgehead atoms. The Kier molecular flexibility index (Phi) is 6.27. The number of rotatable bonds is 4. The molecule has 0 atom stereocenters. The SMILES string of the molecule is COC(=O)c1cc(NC(=O)C(C)(C)N)cc([N+](=O)[O-])c1.Cl. The maximum Gasteiger partial charge on any atom is 0.338 e. The zero-order valence-corrected chi connectivity index (χ0v) is 12.5. The largest absolute Gasteiger partial charge is 0.465 e.